The number of aromatic nitrogens is 2. The molecule has 2 aromatic heterocycles. The first-order chi connectivity index (χ1) is 19.1. The minimum Gasteiger partial charge on any atom is -0.493 e. The smallest absolute Gasteiger partial charge is 0.231 e. The normalized spacial score (nSPS) is 21.6. The van der Waals surface area contributed by atoms with Crippen molar-refractivity contribution in [1.29, 1.82) is 0 Å². The average molecular weight is 521 g/mol. The van der Waals surface area contributed by atoms with Crippen molar-refractivity contribution in [3.63, 3.8) is 0 Å². The number of ether oxygens (including phenoxy) is 1. The lowest BCUT2D eigenvalue weighted by molar-refractivity contribution is -0.122. The molecule has 4 aromatic rings. The number of fused-ring (bicyclic) bond motifs is 3. The number of nitrogens with zero attached hydrogens (tertiary/aromatic N) is 2. The van der Waals surface area contributed by atoms with E-state index in [0.717, 1.165) is 84.0 Å². The number of nitrogens with one attached hydrogen (secondary N) is 2. The Morgan fingerprint density at radius 1 is 1.18 bits per heavy atom. The van der Waals surface area contributed by atoms with E-state index in [4.69, 9.17) is 9.15 Å². The number of rotatable bonds is 5. The monoisotopic (exact) mass is 520 g/mol. The minimum atomic E-state index is -0.259. The van der Waals surface area contributed by atoms with Gasteiger partial charge in [-0.3, -0.25) is 14.8 Å². The van der Waals surface area contributed by atoms with Crippen LogP contribution in [-0.2, 0) is 17.8 Å². The van der Waals surface area contributed by atoms with E-state index < -0.39 is 0 Å². The standard InChI is InChI=1S/C32H32N4O3/c1-20-13-28-27(31(35-34-28)25-5-7-30-24(15-25)9-12-39-30)16-26(20)32(37)33-17-22-3-2-10-36(19-22)18-21-4-6-29-23(14-21)8-11-38-29/h4-8,11,13-17,20,26,34H,2-3,9-10,12,18-19H2,1H3,(H,33,37)/b22-17+. The zero-order chi connectivity index (χ0) is 26.3. The molecule has 7 rings (SSSR count). The van der Waals surface area contributed by atoms with E-state index in [1.165, 1.54) is 16.7 Å². The van der Waals surface area contributed by atoms with Crippen LogP contribution in [0.5, 0.6) is 5.75 Å². The molecule has 39 heavy (non-hydrogen) atoms. The Kier molecular flexibility index (Phi) is 6.08. The van der Waals surface area contributed by atoms with Crippen LogP contribution in [0.2, 0.25) is 0 Å². The molecule has 198 valence electrons. The lowest BCUT2D eigenvalue weighted by atomic mass is 9.88. The van der Waals surface area contributed by atoms with Crippen molar-refractivity contribution in [3.8, 4) is 17.0 Å². The molecule has 0 bridgehead atoms. The highest BCUT2D eigenvalue weighted by atomic mass is 16.5. The third kappa shape index (κ3) is 4.68. The van der Waals surface area contributed by atoms with Gasteiger partial charge in [0.2, 0.25) is 5.91 Å². The van der Waals surface area contributed by atoms with Gasteiger partial charge in [-0.15, -0.1) is 0 Å². The number of H-pyrrole nitrogens is 1. The molecule has 2 aromatic carbocycles. The summed E-state index contributed by atoms with van der Waals surface area (Å²) in [7, 11) is 0. The van der Waals surface area contributed by atoms with Gasteiger partial charge in [-0.25, -0.2) is 0 Å². The van der Waals surface area contributed by atoms with Gasteiger partial charge < -0.3 is 14.5 Å². The maximum Gasteiger partial charge on any atom is 0.231 e. The number of hydrogen-bond acceptors (Lipinski definition) is 5. The van der Waals surface area contributed by atoms with Crippen LogP contribution in [0.4, 0.5) is 0 Å². The van der Waals surface area contributed by atoms with Crippen molar-refractivity contribution < 1.29 is 13.9 Å². The summed E-state index contributed by atoms with van der Waals surface area (Å²) in [5.74, 6) is 0.787. The lowest BCUT2D eigenvalue weighted by Gasteiger charge is -2.29. The van der Waals surface area contributed by atoms with Crippen molar-refractivity contribution in [2.45, 2.75) is 32.7 Å². The molecular formula is C32H32N4O3. The summed E-state index contributed by atoms with van der Waals surface area (Å²) in [5.41, 5.74) is 6.60. The summed E-state index contributed by atoms with van der Waals surface area (Å²) in [6.45, 7) is 5.61. The van der Waals surface area contributed by atoms with Gasteiger partial charge in [-0.05, 0) is 78.4 Å². The van der Waals surface area contributed by atoms with Gasteiger partial charge in [0, 0.05) is 41.9 Å². The average Bonchev–Trinajstić information content (AvgIpc) is 3.70. The highest BCUT2D eigenvalue weighted by molar-refractivity contribution is 5.87. The fourth-order valence-electron chi connectivity index (χ4n) is 6.10. The zero-order valence-electron chi connectivity index (χ0n) is 22.1. The fourth-order valence-corrected chi connectivity index (χ4v) is 6.10. The van der Waals surface area contributed by atoms with Crippen molar-refractivity contribution >= 4 is 29.0 Å². The molecule has 2 aliphatic heterocycles. The van der Waals surface area contributed by atoms with Crippen molar-refractivity contribution in [1.82, 2.24) is 20.4 Å². The number of likely N-dealkylation sites (tertiary alicyclic amines) is 1. The van der Waals surface area contributed by atoms with Crippen LogP contribution in [0.3, 0.4) is 0 Å². The molecule has 2 unspecified atom stereocenters. The van der Waals surface area contributed by atoms with E-state index in [9.17, 15) is 4.79 Å². The Hall–Kier alpha value is -4.10. The van der Waals surface area contributed by atoms with Crippen LogP contribution in [0.15, 0.2) is 64.9 Å². The fraction of sp³-hybridized carbons (Fsp3) is 0.312. The van der Waals surface area contributed by atoms with Crippen LogP contribution < -0.4 is 20.6 Å². The summed E-state index contributed by atoms with van der Waals surface area (Å²) >= 11 is 0. The Morgan fingerprint density at radius 3 is 3.08 bits per heavy atom. The number of amides is 1. The van der Waals surface area contributed by atoms with Gasteiger partial charge in [-0.1, -0.05) is 25.1 Å². The van der Waals surface area contributed by atoms with E-state index in [0.29, 0.717) is 0 Å². The van der Waals surface area contributed by atoms with Crippen LogP contribution in [0.1, 0.15) is 30.9 Å². The molecule has 7 heteroatoms. The third-order valence-electron chi connectivity index (χ3n) is 8.18. The predicted molar refractivity (Wildman–Crippen MR) is 151 cm³/mol. The highest BCUT2D eigenvalue weighted by Crippen LogP contribution is 2.29. The number of hydrogen-bond donors (Lipinski definition) is 2. The van der Waals surface area contributed by atoms with E-state index in [1.807, 2.05) is 30.5 Å². The van der Waals surface area contributed by atoms with Crippen molar-refractivity contribution in [2.24, 2.45) is 11.8 Å². The molecule has 1 amide bonds. The van der Waals surface area contributed by atoms with E-state index in [2.05, 4.69) is 57.7 Å². The zero-order valence-corrected chi connectivity index (χ0v) is 22.1. The Balaban J connectivity index is 1.06. The van der Waals surface area contributed by atoms with E-state index >= 15 is 0 Å². The molecule has 0 radical (unpaired) electrons. The van der Waals surface area contributed by atoms with E-state index in [1.54, 1.807) is 6.26 Å². The minimum absolute atomic E-state index is 0.0222. The topological polar surface area (TPSA) is 83.4 Å². The first kappa shape index (κ1) is 24.0. The van der Waals surface area contributed by atoms with Gasteiger partial charge >= 0.3 is 0 Å². The van der Waals surface area contributed by atoms with Gasteiger partial charge in [0.15, 0.2) is 0 Å². The van der Waals surface area contributed by atoms with Gasteiger partial charge in [-0.2, -0.15) is 5.10 Å². The molecule has 4 heterocycles. The first-order valence-electron chi connectivity index (χ1n) is 13.8. The maximum absolute atomic E-state index is 13.4. The number of benzene rings is 2. The van der Waals surface area contributed by atoms with Crippen LogP contribution in [0.25, 0.3) is 34.4 Å². The van der Waals surface area contributed by atoms with Gasteiger partial charge in [0.1, 0.15) is 11.3 Å². The van der Waals surface area contributed by atoms with Gasteiger partial charge in [0.05, 0.1) is 29.8 Å². The van der Waals surface area contributed by atoms with E-state index in [-0.39, 0.29) is 17.7 Å². The Morgan fingerprint density at radius 2 is 2.13 bits per heavy atom. The van der Waals surface area contributed by atoms with Crippen LogP contribution in [0, 0.1) is 11.8 Å². The van der Waals surface area contributed by atoms with Crippen LogP contribution in [-0.4, -0.2) is 40.7 Å². The second-order valence-corrected chi connectivity index (χ2v) is 11.0. The second kappa shape index (κ2) is 9.89. The number of carbonyl (C=O) groups excluding carboxylic acids is 1. The molecule has 1 aliphatic carbocycles. The molecule has 3 aliphatic rings. The summed E-state index contributed by atoms with van der Waals surface area (Å²) in [4.78, 5) is 15.8. The lowest BCUT2D eigenvalue weighted by Crippen LogP contribution is -2.38. The largest absolute Gasteiger partial charge is 0.493 e. The van der Waals surface area contributed by atoms with Gasteiger partial charge in [0.25, 0.3) is 0 Å². The quantitative estimate of drug-likeness (QED) is 0.417. The molecule has 7 nitrogen and oxygen atoms in total. The molecule has 1 fully saturated rings. The summed E-state index contributed by atoms with van der Waals surface area (Å²) in [5, 5.41) is 14.0. The second-order valence-electron chi connectivity index (χ2n) is 11.0. The maximum atomic E-state index is 13.4. The number of piperidine rings is 1. The first-order valence-corrected chi connectivity index (χ1v) is 13.8. The van der Waals surface area contributed by atoms with Crippen molar-refractivity contribution in [3.05, 3.63) is 82.2 Å². The SMILES string of the molecule is CC1C=c2[nH]nc(-c3ccc4c(c3)CCO4)c2=CC1C(=O)N/C=C1\CCCN(Cc2ccc3occc3c2)C1. The third-order valence-corrected chi connectivity index (χ3v) is 8.18. The molecule has 2 atom stereocenters. The molecular weight excluding hydrogens is 488 g/mol. The predicted octanol–water partition coefficient (Wildman–Crippen LogP) is 3.88. The highest BCUT2D eigenvalue weighted by Gasteiger charge is 2.26. The number of furan rings is 1. The molecule has 0 saturated carbocycles. The molecule has 2 N–H and O–H groups in total. The van der Waals surface area contributed by atoms with Crippen molar-refractivity contribution in [2.75, 3.05) is 19.7 Å². The number of carbonyl (C=O) groups is 1. The summed E-state index contributed by atoms with van der Waals surface area (Å²) in [6.07, 6.45) is 10.9. The Labute approximate surface area is 226 Å². The summed E-state index contributed by atoms with van der Waals surface area (Å²) < 4.78 is 11.1. The number of aromatic amines is 1. The van der Waals surface area contributed by atoms with Crippen LogP contribution >= 0.6 is 0 Å². The molecule has 1 saturated heterocycles. The summed E-state index contributed by atoms with van der Waals surface area (Å²) in [6, 6.07) is 14.6. The molecule has 0 spiro atoms. The Bertz CT molecular complexity index is 1710.